The SMILES string of the molecule is CC\C=C/C=C\C=C/C=C\C=C\C=C/CCCCCC(=O)OC(COC(=O)CCCCC\C=C/C=C\C=C/C=C\CC)COC(=O)CCCCCCCCCCCC/C=C\C=C/CCCCC. The first kappa shape index (κ1) is 62.3. The number of unbranched alkanes of at least 4 members (excludes halogenated alkanes) is 19. The number of rotatable bonds is 45. The highest BCUT2D eigenvalue weighted by atomic mass is 16.6. The maximum absolute atomic E-state index is 12.8. The summed E-state index contributed by atoms with van der Waals surface area (Å²) < 4.78 is 16.7. The minimum Gasteiger partial charge on any atom is -0.462 e. The molecule has 6 heteroatoms. The van der Waals surface area contributed by atoms with E-state index >= 15 is 0 Å². The second-order valence-corrected chi connectivity index (χ2v) is 16.9. The van der Waals surface area contributed by atoms with E-state index in [9.17, 15) is 14.4 Å². The fraction of sp³-hybridized carbons (Fsp3) is 0.557. The molecule has 0 fully saturated rings. The van der Waals surface area contributed by atoms with Gasteiger partial charge in [0.1, 0.15) is 13.2 Å². The van der Waals surface area contributed by atoms with E-state index in [2.05, 4.69) is 69.4 Å². The third kappa shape index (κ3) is 52.1. The van der Waals surface area contributed by atoms with Crippen LogP contribution >= 0.6 is 0 Å². The fourth-order valence-corrected chi connectivity index (χ4v) is 6.65. The molecule has 1 unspecified atom stereocenters. The molecule has 0 rings (SSSR count). The zero-order chi connectivity index (χ0) is 48.6. The van der Waals surface area contributed by atoms with Crippen molar-refractivity contribution in [2.24, 2.45) is 0 Å². The molecule has 0 aliphatic heterocycles. The van der Waals surface area contributed by atoms with Crippen LogP contribution in [0.5, 0.6) is 0 Å². The lowest BCUT2D eigenvalue weighted by molar-refractivity contribution is -0.167. The van der Waals surface area contributed by atoms with Gasteiger partial charge in [0.2, 0.25) is 0 Å². The molecule has 1 atom stereocenters. The summed E-state index contributed by atoms with van der Waals surface area (Å²) in [6.07, 6.45) is 76.8. The molecule has 0 aliphatic rings. The Morgan fingerprint density at radius 2 is 0.582 bits per heavy atom. The summed E-state index contributed by atoms with van der Waals surface area (Å²) in [6, 6.07) is 0. The van der Waals surface area contributed by atoms with Crippen LogP contribution in [0.1, 0.15) is 201 Å². The average Bonchev–Trinajstić information content (AvgIpc) is 3.33. The maximum atomic E-state index is 12.8. The van der Waals surface area contributed by atoms with Crippen LogP contribution in [0.2, 0.25) is 0 Å². The van der Waals surface area contributed by atoms with Crippen LogP contribution in [-0.2, 0) is 28.6 Å². The lowest BCUT2D eigenvalue weighted by Crippen LogP contribution is -2.30. The van der Waals surface area contributed by atoms with Crippen molar-refractivity contribution in [2.75, 3.05) is 13.2 Å². The van der Waals surface area contributed by atoms with Crippen LogP contribution in [-0.4, -0.2) is 37.2 Å². The fourth-order valence-electron chi connectivity index (χ4n) is 6.65. The van der Waals surface area contributed by atoms with E-state index in [0.29, 0.717) is 19.3 Å². The molecule has 0 saturated heterocycles. The van der Waals surface area contributed by atoms with Gasteiger partial charge in [-0.15, -0.1) is 0 Å². The quantitative estimate of drug-likeness (QED) is 0.0262. The lowest BCUT2D eigenvalue weighted by Gasteiger charge is -2.18. The molecule has 67 heavy (non-hydrogen) atoms. The predicted molar refractivity (Wildman–Crippen MR) is 288 cm³/mol. The van der Waals surface area contributed by atoms with Gasteiger partial charge in [-0.1, -0.05) is 244 Å². The van der Waals surface area contributed by atoms with Crippen molar-refractivity contribution in [3.05, 3.63) is 146 Å². The largest absolute Gasteiger partial charge is 0.462 e. The van der Waals surface area contributed by atoms with Crippen molar-refractivity contribution in [1.29, 1.82) is 0 Å². The number of hydrogen-bond acceptors (Lipinski definition) is 6. The van der Waals surface area contributed by atoms with E-state index in [4.69, 9.17) is 14.2 Å². The van der Waals surface area contributed by atoms with Gasteiger partial charge in [0.05, 0.1) is 0 Å². The van der Waals surface area contributed by atoms with Gasteiger partial charge < -0.3 is 14.2 Å². The molecule has 0 N–H and O–H groups in total. The molecule has 6 nitrogen and oxygen atoms in total. The van der Waals surface area contributed by atoms with Gasteiger partial charge in [-0.25, -0.2) is 0 Å². The summed E-state index contributed by atoms with van der Waals surface area (Å²) in [5.41, 5.74) is 0. The molecule has 0 spiro atoms. The topological polar surface area (TPSA) is 78.9 Å². The Kier molecular flexibility index (Phi) is 50.1. The monoisotopic (exact) mass is 923 g/mol. The summed E-state index contributed by atoms with van der Waals surface area (Å²) in [6.45, 7) is 6.23. The summed E-state index contributed by atoms with van der Waals surface area (Å²) in [7, 11) is 0. The Bertz CT molecular complexity index is 1530. The van der Waals surface area contributed by atoms with Crippen molar-refractivity contribution in [3.63, 3.8) is 0 Å². The Hall–Kier alpha value is -4.71. The maximum Gasteiger partial charge on any atom is 0.306 e. The first-order chi connectivity index (χ1) is 33.0. The highest BCUT2D eigenvalue weighted by Gasteiger charge is 2.19. The molecule has 0 saturated carbocycles. The molecular weight excluding hydrogens is 829 g/mol. The Morgan fingerprint density at radius 3 is 0.940 bits per heavy atom. The summed E-state index contributed by atoms with van der Waals surface area (Å²) in [4.78, 5) is 38.0. The Balaban J connectivity index is 4.54. The molecule has 0 aromatic carbocycles. The van der Waals surface area contributed by atoms with Gasteiger partial charge in [0.25, 0.3) is 0 Å². The number of carbonyl (C=O) groups is 3. The van der Waals surface area contributed by atoms with Gasteiger partial charge >= 0.3 is 17.9 Å². The van der Waals surface area contributed by atoms with E-state index in [0.717, 1.165) is 77.0 Å². The van der Waals surface area contributed by atoms with Crippen molar-refractivity contribution in [3.8, 4) is 0 Å². The highest BCUT2D eigenvalue weighted by molar-refractivity contribution is 5.71. The van der Waals surface area contributed by atoms with Gasteiger partial charge in [-0.05, 0) is 83.5 Å². The van der Waals surface area contributed by atoms with Crippen LogP contribution in [0.4, 0.5) is 0 Å². The number of carbonyl (C=O) groups excluding carboxylic acids is 3. The average molecular weight is 923 g/mol. The third-order valence-corrected chi connectivity index (χ3v) is 10.6. The van der Waals surface area contributed by atoms with E-state index in [1.807, 2.05) is 97.2 Å². The van der Waals surface area contributed by atoms with Crippen molar-refractivity contribution >= 4 is 17.9 Å². The molecule has 374 valence electrons. The molecule has 0 radical (unpaired) electrons. The number of allylic oxidation sites excluding steroid dienone is 24. The Labute approximate surface area is 410 Å². The van der Waals surface area contributed by atoms with Gasteiger partial charge in [-0.3, -0.25) is 14.4 Å². The van der Waals surface area contributed by atoms with Crippen LogP contribution < -0.4 is 0 Å². The zero-order valence-corrected chi connectivity index (χ0v) is 42.6. The minimum absolute atomic E-state index is 0.117. The first-order valence-electron chi connectivity index (χ1n) is 26.5. The van der Waals surface area contributed by atoms with E-state index in [-0.39, 0.29) is 37.5 Å². The zero-order valence-electron chi connectivity index (χ0n) is 42.6. The highest BCUT2D eigenvalue weighted by Crippen LogP contribution is 2.14. The van der Waals surface area contributed by atoms with E-state index < -0.39 is 6.10 Å². The molecule has 0 heterocycles. The van der Waals surface area contributed by atoms with Crippen LogP contribution in [0.15, 0.2) is 146 Å². The summed E-state index contributed by atoms with van der Waals surface area (Å²) in [5, 5.41) is 0. The number of ether oxygens (including phenoxy) is 3. The second kappa shape index (κ2) is 53.9. The Morgan fingerprint density at radius 1 is 0.313 bits per heavy atom. The third-order valence-electron chi connectivity index (χ3n) is 10.6. The number of esters is 3. The molecule has 0 aromatic rings. The van der Waals surface area contributed by atoms with Gasteiger partial charge in [-0.2, -0.15) is 0 Å². The van der Waals surface area contributed by atoms with Gasteiger partial charge in [0.15, 0.2) is 6.10 Å². The smallest absolute Gasteiger partial charge is 0.306 e. The normalized spacial score (nSPS) is 13.3. The standard InChI is InChI=1S/C61H94O6/c1-4-7-10-13-16-19-22-25-27-29-30-32-33-36-39-42-45-48-51-54-60(63)66-57-58(56-65-59(62)53-50-47-44-41-38-35-24-21-18-15-12-9-6-3)67-61(64)55-52-49-46-43-40-37-34-31-28-26-23-20-17-14-11-8-5-2/h8-9,11-12,14-26,28,31,34-35,37-38,40,58H,4-7,10,13,27,29-30,32-33,36,39,41-57H2,1-3H3/b11-8-,12-9-,17-14-,18-15-,19-16-,23-20-,24-21-,25-22-,28-26-,34-31+,38-35-,40-37-. The molecule has 0 aromatic heterocycles. The van der Waals surface area contributed by atoms with E-state index in [1.165, 1.54) is 77.0 Å². The molecule has 0 aliphatic carbocycles. The summed E-state index contributed by atoms with van der Waals surface area (Å²) in [5.74, 6) is -1.02. The minimum atomic E-state index is -0.825. The van der Waals surface area contributed by atoms with Crippen molar-refractivity contribution in [2.45, 2.75) is 207 Å². The van der Waals surface area contributed by atoms with E-state index in [1.54, 1.807) is 0 Å². The van der Waals surface area contributed by atoms with Crippen LogP contribution in [0.3, 0.4) is 0 Å². The predicted octanol–water partition coefficient (Wildman–Crippen LogP) is 17.6. The molecule has 0 amide bonds. The second-order valence-electron chi connectivity index (χ2n) is 16.9. The van der Waals surface area contributed by atoms with Crippen LogP contribution in [0, 0.1) is 0 Å². The first-order valence-corrected chi connectivity index (χ1v) is 26.5. The lowest BCUT2D eigenvalue weighted by atomic mass is 10.1. The van der Waals surface area contributed by atoms with Gasteiger partial charge in [0, 0.05) is 19.3 Å². The van der Waals surface area contributed by atoms with Crippen LogP contribution in [0.25, 0.3) is 0 Å². The molecule has 0 bridgehead atoms. The molecular formula is C61H94O6. The number of hydrogen-bond donors (Lipinski definition) is 0. The summed E-state index contributed by atoms with van der Waals surface area (Å²) >= 11 is 0. The van der Waals surface area contributed by atoms with Crippen molar-refractivity contribution in [1.82, 2.24) is 0 Å². The van der Waals surface area contributed by atoms with Crippen molar-refractivity contribution < 1.29 is 28.6 Å².